The summed E-state index contributed by atoms with van der Waals surface area (Å²) in [5.41, 5.74) is 4.57. The molecule has 0 aliphatic rings. The molecule has 3 aromatic carbocycles. The topological polar surface area (TPSA) is 64.9 Å². The number of aromatic nitrogens is 4. The third kappa shape index (κ3) is 7.32. The lowest BCUT2D eigenvalue weighted by atomic mass is 10.1. The molecule has 1 aromatic heterocycles. The third-order valence-electron chi connectivity index (χ3n) is 4.97. The van der Waals surface area contributed by atoms with Gasteiger partial charge in [-0.05, 0) is 54.1 Å². The van der Waals surface area contributed by atoms with Crippen LogP contribution in [-0.4, -0.2) is 32.5 Å². The van der Waals surface area contributed by atoms with Crippen LogP contribution >= 0.6 is 24.2 Å². The summed E-state index contributed by atoms with van der Waals surface area (Å²) in [4.78, 5) is 0. The number of ether oxygens (including phenoxy) is 1. The number of benzene rings is 3. The monoisotopic (exact) mass is 481 g/mol. The van der Waals surface area contributed by atoms with E-state index in [4.69, 9.17) is 4.74 Å². The molecular weight excluding hydrogens is 454 g/mol. The lowest BCUT2D eigenvalue weighted by Gasteiger charge is -2.12. The quantitative estimate of drug-likeness (QED) is 0.233. The maximum atomic E-state index is 6.08. The summed E-state index contributed by atoms with van der Waals surface area (Å²) < 4.78 is 7.85. The highest BCUT2D eigenvalue weighted by Gasteiger charge is 2.08. The van der Waals surface area contributed by atoms with E-state index in [2.05, 4.69) is 64.2 Å². The number of halogens is 1. The van der Waals surface area contributed by atoms with Crippen LogP contribution in [0.4, 0.5) is 0 Å². The second-order valence-electron chi connectivity index (χ2n) is 7.47. The second-order valence-corrected chi connectivity index (χ2v) is 8.53. The predicted molar refractivity (Wildman–Crippen MR) is 135 cm³/mol. The fraction of sp³-hybridized carbons (Fsp3) is 0.240. The first-order valence-corrected chi connectivity index (χ1v) is 11.7. The molecule has 0 aliphatic carbocycles. The van der Waals surface area contributed by atoms with Crippen LogP contribution in [0.3, 0.4) is 0 Å². The highest BCUT2D eigenvalue weighted by molar-refractivity contribution is 7.99. The molecular formula is C25H28ClN5OS. The summed E-state index contributed by atoms with van der Waals surface area (Å²) >= 11 is 1.67. The number of thioether (sulfide) groups is 1. The minimum Gasteiger partial charge on any atom is -0.489 e. The Kier molecular flexibility index (Phi) is 9.75. The molecule has 1 heterocycles. The third-order valence-corrected chi connectivity index (χ3v) is 5.98. The van der Waals surface area contributed by atoms with E-state index in [9.17, 15) is 0 Å². The fourth-order valence-corrected chi connectivity index (χ4v) is 4.05. The van der Waals surface area contributed by atoms with Crippen LogP contribution in [0.2, 0.25) is 0 Å². The van der Waals surface area contributed by atoms with Crippen molar-refractivity contribution in [2.75, 3.05) is 12.3 Å². The highest BCUT2D eigenvalue weighted by Crippen LogP contribution is 2.20. The van der Waals surface area contributed by atoms with Crippen LogP contribution in [0.5, 0.6) is 5.75 Å². The zero-order chi connectivity index (χ0) is 22.0. The van der Waals surface area contributed by atoms with Crippen molar-refractivity contribution in [2.45, 2.75) is 31.7 Å². The van der Waals surface area contributed by atoms with Gasteiger partial charge >= 0.3 is 0 Å². The van der Waals surface area contributed by atoms with E-state index >= 15 is 0 Å². The molecule has 8 heteroatoms. The normalized spacial score (nSPS) is 10.6. The number of rotatable bonds is 11. The molecule has 0 atom stereocenters. The molecule has 0 aliphatic heterocycles. The van der Waals surface area contributed by atoms with Gasteiger partial charge in [0, 0.05) is 17.9 Å². The number of tetrazole rings is 1. The van der Waals surface area contributed by atoms with Gasteiger partial charge in [-0.25, -0.2) is 0 Å². The maximum Gasteiger partial charge on any atom is 0.214 e. The van der Waals surface area contributed by atoms with Gasteiger partial charge in [0.25, 0.3) is 0 Å². The molecule has 0 spiro atoms. The highest BCUT2D eigenvalue weighted by atomic mass is 35.5. The van der Waals surface area contributed by atoms with Crippen molar-refractivity contribution < 1.29 is 4.74 Å². The van der Waals surface area contributed by atoms with Gasteiger partial charge in [0.1, 0.15) is 12.4 Å². The molecule has 1 N–H and O–H groups in total. The SMILES string of the molecule is Cc1ccc(COc2ccccc2CNCCCSc2nnnn2-c2ccccc2)cc1.Cl. The summed E-state index contributed by atoms with van der Waals surface area (Å²) in [6.45, 7) is 4.35. The van der Waals surface area contributed by atoms with E-state index in [1.54, 1.807) is 16.4 Å². The molecule has 0 saturated heterocycles. The fourth-order valence-electron chi connectivity index (χ4n) is 3.22. The van der Waals surface area contributed by atoms with Crippen molar-refractivity contribution in [3.8, 4) is 11.4 Å². The minimum atomic E-state index is 0. The van der Waals surface area contributed by atoms with Crippen LogP contribution in [0.15, 0.2) is 84.0 Å². The van der Waals surface area contributed by atoms with Crippen molar-refractivity contribution in [2.24, 2.45) is 0 Å². The number of para-hydroxylation sites is 2. The number of hydrogen-bond donors (Lipinski definition) is 1. The number of nitrogens with one attached hydrogen (secondary N) is 1. The summed E-state index contributed by atoms with van der Waals surface area (Å²) in [7, 11) is 0. The minimum absolute atomic E-state index is 0. The molecule has 172 valence electrons. The Labute approximate surface area is 205 Å². The first-order chi connectivity index (χ1) is 15.8. The van der Waals surface area contributed by atoms with Gasteiger partial charge in [-0.2, -0.15) is 4.68 Å². The molecule has 0 bridgehead atoms. The van der Waals surface area contributed by atoms with Crippen molar-refractivity contribution in [1.29, 1.82) is 0 Å². The average Bonchev–Trinajstić information content (AvgIpc) is 3.31. The van der Waals surface area contributed by atoms with Gasteiger partial charge in [0.05, 0.1) is 5.69 Å². The lowest BCUT2D eigenvalue weighted by molar-refractivity contribution is 0.302. The lowest BCUT2D eigenvalue weighted by Crippen LogP contribution is -2.16. The largest absolute Gasteiger partial charge is 0.489 e. The molecule has 0 fully saturated rings. The molecule has 4 rings (SSSR count). The van der Waals surface area contributed by atoms with Gasteiger partial charge in [-0.15, -0.1) is 17.5 Å². The smallest absolute Gasteiger partial charge is 0.214 e. The van der Waals surface area contributed by atoms with E-state index in [1.165, 1.54) is 16.7 Å². The molecule has 0 saturated carbocycles. The first kappa shape index (κ1) is 24.8. The molecule has 0 radical (unpaired) electrons. The summed E-state index contributed by atoms with van der Waals surface area (Å²) in [5, 5.41) is 16.4. The van der Waals surface area contributed by atoms with Crippen LogP contribution in [0.25, 0.3) is 5.69 Å². The maximum absolute atomic E-state index is 6.08. The summed E-state index contributed by atoms with van der Waals surface area (Å²) in [5.74, 6) is 1.86. The van der Waals surface area contributed by atoms with Gasteiger partial charge in [-0.3, -0.25) is 0 Å². The van der Waals surface area contributed by atoms with Gasteiger partial charge in [0.15, 0.2) is 0 Å². The number of hydrogen-bond acceptors (Lipinski definition) is 6. The van der Waals surface area contributed by atoms with Crippen LogP contribution in [0, 0.1) is 6.92 Å². The number of nitrogens with zero attached hydrogens (tertiary/aromatic N) is 4. The van der Waals surface area contributed by atoms with Crippen LogP contribution in [-0.2, 0) is 13.2 Å². The van der Waals surface area contributed by atoms with E-state index in [0.29, 0.717) is 6.61 Å². The van der Waals surface area contributed by atoms with Crippen molar-refractivity contribution in [3.63, 3.8) is 0 Å². The van der Waals surface area contributed by atoms with Crippen molar-refractivity contribution in [3.05, 3.63) is 95.6 Å². The Morgan fingerprint density at radius 3 is 2.52 bits per heavy atom. The van der Waals surface area contributed by atoms with E-state index < -0.39 is 0 Å². The zero-order valence-corrected chi connectivity index (χ0v) is 20.2. The van der Waals surface area contributed by atoms with Crippen LogP contribution < -0.4 is 10.1 Å². The molecule has 0 amide bonds. The van der Waals surface area contributed by atoms with Gasteiger partial charge in [-0.1, -0.05) is 78.0 Å². The van der Waals surface area contributed by atoms with E-state index in [1.807, 2.05) is 42.5 Å². The summed E-state index contributed by atoms with van der Waals surface area (Å²) in [6.07, 6.45) is 1.01. The van der Waals surface area contributed by atoms with Crippen molar-refractivity contribution in [1.82, 2.24) is 25.5 Å². The zero-order valence-electron chi connectivity index (χ0n) is 18.6. The first-order valence-electron chi connectivity index (χ1n) is 10.7. The van der Waals surface area contributed by atoms with E-state index in [-0.39, 0.29) is 12.4 Å². The Morgan fingerprint density at radius 2 is 1.70 bits per heavy atom. The van der Waals surface area contributed by atoms with Crippen molar-refractivity contribution >= 4 is 24.2 Å². The molecule has 6 nitrogen and oxygen atoms in total. The Balaban J connectivity index is 0.00000306. The molecule has 33 heavy (non-hydrogen) atoms. The van der Waals surface area contributed by atoms with E-state index in [0.717, 1.165) is 41.9 Å². The Bertz CT molecular complexity index is 1110. The van der Waals surface area contributed by atoms with Crippen LogP contribution in [0.1, 0.15) is 23.1 Å². The standard InChI is InChI=1S/C25H27N5OS.ClH/c1-20-12-14-21(15-13-20)19-31-24-11-6-5-8-22(24)18-26-16-7-17-32-25-27-28-29-30(25)23-9-3-2-4-10-23;/h2-6,8-15,26H,7,16-19H2,1H3;1H. The Morgan fingerprint density at radius 1 is 0.939 bits per heavy atom. The molecule has 4 aromatic rings. The Hall–Kier alpha value is -2.87. The van der Waals surface area contributed by atoms with Gasteiger partial charge in [0.2, 0.25) is 5.16 Å². The number of aryl methyl sites for hydroxylation is 1. The predicted octanol–water partition coefficient (Wildman–Crippen LogP) is 5.24. The average molecular weight is 482 g/mol. The summed E-state index contributed by atoms with van der Waals surface area (Å²) in [6, 6.07) is 26.6. The second kappa shape index (κ2) is 13.0. The molecule has 0 unspecified atom stereocenters. The van der Waals surface area contributed by atoms with Gasteiger partial charge < -0.3 is 10.1 Å².